The molecule has 1 aromatic rings. The summed E-state index contributed by atoms with van der Waals surface area (Å²) in [6.45, 7) is 0. The number of rotatable bonds is 2. The molecule has 112 valence electrons. The molecule has 3 nitrogen and oxygen atoms in total. The number of alkyl halides is 3. The highest BCUT2D eigenvalue weighted by Gasteiger charge is 2.46. The number of carbonyl (C=O) groups is 1. The number of carbonyl (C=O) groups excluding carboxylic acids is 1. The van der Waals surface area contributed by atoms with Gasteiger partial charge in [0.1, 0.15) is 5.69 Å². The molecular weight excluding hydrogens is 337 g/mol. The van der Waals surface area contributed by atoms with Crippen molar-refractivity contribution in [3.05, 3.63) is 22.4 Å². The van der Waals surface area contributed by atoms with Crippen molar-refractivity contribution >= 4 is 21.8 Å². The first-order valence-corrected chi connectivity index (χ1v) is 7.28. The number of hydrogen-bond donors (Lipinski definition) is 1. The molecular formula is C13H16BrF3N2O. The summed E-state index contributed by atoms with van der Waals surface area (Å²) in [7, 11) is 1.68. The molecule has 1 amide bonds. The predicted molar refractivity (Wildman–Crippen MR) is 72.4 cm³/mol. The summed E-state index contributed by atoms with van der Waals surface area (Å²) in [4.78, 5) is 12.1. The number of nitrogens with one attached hydrogen (secondary N) is 1. The van der Waals surface area contributed by atoms with Crippen molar-refractivity contribution in [1.82, 2.24) is 9.88 Å². The smallest absolute Gasteiger partial charge is 0.347 e. The highest BCUT2D eigenvalue weighted by Crippen LogP contribution is 2.37. The Kier molecular flexibility index (Phi) is 4.46. The second kappa shape index (κ2) is 5.79. The molecule has 0 bridgehead atoms. The van der Waals surface area contributed by atoms with E-state index in [0.717, 1.165) is 4.47 Å². The molecule has 1 N–H and O–H groups in total. The zero-order valence-corrected chi connectivity index (χ0v) is 12.6. The molecule has 2 unspecified atom stereocenters. The van der Waals surface area contributed by atoms with Crippen LogP contribution in [0.3, 0.4) is 0 Å². The minimum absolute atomic E-state index is 0.0886. The van der Waals surface area contributed by atoms with Gasteiger partial charge in [-0.05, 0) is 34.8 Å². The second-order valence-corrected chi connectivity index (χ2v) is 6.08. The molecule has 1 aliphatic rings. The van der Waals surface area contributed by atoms with Crippen molar-refractivity contribution in [2.45, 2.75) is 37.9 Å². The monoisotopic (exact) mass is 352 g/mol. The molecule has 1 aromatic heterocycles. The van der Waals surface area contributed by atoms with Gasteiger partial charge in [-0.3, -0.25) is 4.79 Å². The van der Waals surface area contributed by atoms with Crippen molar-refractivity contribution in [3.8, 4) is 0 Å². The highest BCUT2D eigenvalue weighted by molar-refractivity contribution is 9.10. The van der Waals surface area contributed by atoms with E-state index in [1.54, 1.807) is 23.9 Å². The third-order valence-corrected chi connectivity index (χ3v) is 4.14. The quantitative estimate of drug-likeness (QED) is 0.866. The van der Waals surface area contributed by atoms with Gasteiger partial charge in [0.2, 0.25) is 0 Å². The first-order chi connectivity index (χ1) is 9.29. The topological polar surface area (TPSA) is 34.0 Å². The molecule has 0 aromatic carbocycles. The molecule has 7 heteroatoms. The summed E-state index contributed by atoms with van der Waals surface area (Å²) in [6.07, 6.45) is -0.822. The van der Waals surface area contributed by atoms with Gasteiger partial charge in [-0.25, -0.2) is 0 Å². The van der Waals surface area contributed by atoms with Gasteiger partial charge in [0.05, 0.1) is 5.92 Å². The average molecular weight is 353 g/mol. The Hall–Kier alpha value is -0.980. The maximum Gasteiger partial charge on any atom is 0.393 e. The van der Waals surface area contributed by atoms with Gasteiger partial charge < -0.3 is 9.88 Å². The first kappa shape index (κ1) is 15.4. The number of halogens is 4. The van der Waals surface area contributed by atoms with Crippen LogP contribution < -0.4 is 5.32 Å². The van der Waals surface area contributed by atoms with E-state index in [-0.39, 0.29) is 6.42 Å². The van der Waals surface area contributed by atoms with E-state index < -0.39 is 24.0 Å². The standard InChI is InChI=1S/C13H16BrF3N2O/c1-19-7-8(14)6-11(19)12(20)18-10-5-3-2-4-9(10)13(15,16)17/h6-7,9-10H,2-5H2,1H3,(H,18,20). The Morgan fingerprint density at radius 2 is 2.05 bits per heavy atom. The fraction of sp³-hybridized carbons (Fsp3) is 0.615. The molecule has 0 spiro atoms. The van der Waals surface area contributed by atoms with E-state index in [2.05, 4.69) is 21.2 Å². The summed E-state index contributed by atoms with van der Waals surface area (Å²) in [5, 5.41) is 2.55. The van der Waals surface area contributed by atoms with Crippen LogP contribution in [0.4, 0.5) is 13.2 Å². The lowest BCUT2D eigenvalue weighted by atomic mass is 9.84. The summed E-state index contributed by atoms with van der Waals surface area (Å²) in [5.74, 6) is -1.90. The Balaban J connectivity index is 2.11. The van der Waals surface area contributed by atoms with E-state index in [9.17, 15) is 18.0 Å². The molecule has 1 heterocycles. The van der Waals surface area contributed by atoms with Gasteiger partial charge in [-0.15, -0.1) is 0 Å². The van der Waals surface area contributed by atoms with Crippen molar-refractivity contribution < 1.29 is 18.0 Å². The van der Waals surface area contributed by atoms with Crippen LogP contribution in [0.25, 0.3) is 0 Å². The molecule has 0 radical (unpaired) electrons. The van der Waals surface area contributed by atoms with Crippen molar-refractivity contribution in [1.29, 1.82) is 0 Å². The SMILES string of the molecule is Cn1cc(Br)cc1C(=O)NC1CCCCC1C(F)(F)F. The van der Waals surface area contributed by atoms with E-state index in [1.807, 2.05) is 0 Å². The minimum atomic E-state index is -4.26. The largest absolute Gasteiger partial charge is 0.393 e. The maximum absolute atomic E-state index is 13.0. The zero-order valence-electron chi connectivity index (χ0n) is 11.0. The Bertz CT molecular complexity index is 498. The van der Waals surface area contributed by atoms with Crippen LogP contribution >= 0.6 is 15.9 Å². The third-order valence-electron chi connectivity index (χ3n) is 3.71. The van der Waals surface area contributed by atoms with Crippen LogP contribution in [0, 0.1) is 5.92 Å². The normalized spacial score (nSPS) is 23.6. The van der Waals surface area contributed by atoms with Gasteiger partial charge >= 0.3 is 6.18 Å². The Labute approximate surface area is 123 Å². The lowest BCUT2D eigenvalue weighted by Gasteiger charge is -2.33. The van der Waals surface area contributed by atoms with Crippen LogP contribution in [-0.2, 0) is 7.05 Å². The van der Waals surface area contributed by atoms with Crippen LogP contribution in [0.2, 0.25) is 0 Å². The summed E-state index contributed by atoms with van der Waals surface area (Å²) in [5.41, 5.74) is 0.350. The lowest BCUT2D eigenvalue weighted by molar-refractivity contribution is -0.187. The molecule has 1 fully saturated rings. The highest BCUT2D eigenvalue weighted by atomic mass is 79.9. The second-order valence-electron chi connectivity index (χ2n) is 5.17. The van der Waals surface area contributed by atoms with E-state index >= 15 is 0 Å². The van der Waals surface area contributed by atoms with Crippen LogP contribution in [0.5, 0.6) is 0 Å². The van der Waals surface area contributed by atoms with E-state index in [4.69, 9.17) is 0 Å². The molecule has 20 heavy (non-hydrogen) atoms. The Morgan fingerprint density at radius 1 is 1.40 bits per heavy atom. The van der Waals surface area contributed by atoms with E-state index in [0.29, 0.717) is 25.0 Å². The van der Waals surface area contributed by atoms with E-state index in [1.165, 1.54) is 0 Å². The van der Waals surface area contributed by atoms with Gasteiger partial charge in [-0.2, -0.15) is 13.2 Å². The molecule has 2 rings (SSSR count). The summed E-state index contributed by atoms with van der Waals surface area (Å²) < 4.78 is 41.2. The maximum atomic E-state index is 13.0. The molecule has 1 aliphatic carbocycles. The van der Waals surface area contributed by atoms with Crippen LogP contribution in [0.15, 0.2) is 16.7 Å². The predicted octanol–water partition coefficient (Wildman–Crippen LogP) is 3.64. The van der Waals surface area contributed by atoms with Gasteiger partial charge in [-0.1, -0.05) is 12.8 Å². The Morgan fingerprint density at radius 3 is 2.60 bits per heavy atom. The fourth-order valence-electron chi connectivity index (χ4n) is 2.69. The summed E-state index contributed by atoms with van der Waals surface area (Å²) >= 11 is 3.24. The first-order valence-electron chi connectivity index (χ1n) is 6.48. The number of aromatic nitrogens is 1. The number of amides is 1. The van der Waals surface area contributed by atoms with Crippen molar-refractivity contribution in [3.63, 3.8) is 0 Å². The third kappa shape index (κ3) is 3.37. The molecule has 1 saturated carbocycles. The molecule has 0 aliphatic heterocycles. The van der Waals surface area contributed by atoms with Crippen molar-refractivity contribution in [2.75, 3.05) is 0 Å². The lowest BCUT2D eigenvalue weighted by Crippen LogP contribution is -2.48. The summed E-state index contributed by atoms with van der Waals surface area (Å²) in [6, 6.07) is 0.769. The number of nitrogens with zero attached hydrogens (tertiary/aromatic N) is 1. The molecule has 0 saturated heterocycles. The average Bonchev–Trinajstić information content (AvgIpc) is 2.68. The van der Waals surface area contributed by atoms with Crippen molar-refractivity contribution in [2.24, 2.45) is 13.0 Å². The molecule has 2 atom stereocenters. The fourth-order valence-corrected chi connectivity index (χ4v) is 3.21. The number of aryl methyl sites for hydroxylation is 1. The number of hydrogen-bond acceptors (Lipinski definition) is 1. The van der Waals surface area contributed by atoms with Gasteiger partial charge in [0, 0.05) is 23.8 Å². The zero-order chi connectivity index (χ0) is 14.9. The minimum Gasteiger partial charge on any atom is -0.347 e. The van der Waals surface area contributed by atoms with Crippen LogP contribution in [0.1, 0.15) is 36.2 Å². The van der Waals surface area contributed by atoms with Gasteiger partial charge in [0.15, 0.2) is 0 Å². The van der Waals surface area contributed by atoms with Gasteiger partial charge in [0.25, 0.3) is 5.91 Å². The van der Waals surface area contributed by atoms with Crippen LogP contribution in [-0.4, -0.2) is 22.7 Å².